The van der Waals surface area contributed by atoms with E-state index in [0.29, 0.717) is 0 Å². The molecule has 0 saturated carbocycles. The SMILES string of the molecule is CCCCCCCCCCCCCCCCCCNC(C)N1C(=O)N(C(C)NCCCCCCCCCCCCCCCCCC)C(CCCCCCCC)(CCCCCCCC)C1=O. The molecule has 6 nitrogen and oxygen atoms in total. The highest BCUT2D eigenvalue weighted by atomic mass is 16.2. The molecule has 2 unspecified atom stereocenters. The second kappa shape index (κ2) is 45.3. The van der Waals surface area contributed by atoms with E-state index in [1.807, 2.05) is 4.90 Å². The van der Waals surface area contributed by atoms with Crippen LogP contribution in [0.1, 0.15) is 337 Å². The topological polar surface area (TPSA) is 64.7 Å². The smallest absolute Gasteiger partial charge is 0.297 e. The van der Waals surface area contributed by atoms with Gasteiger partial charge in [-0.3, -0.25) is 20.3 Å². The lowest BCUT2D eigenvalue weighted by Crippen LogP contribution is -2.57. The third-order valence-electron chi connectivity index (χ3n) is 15.1. The zero-order valence-corrected chi connectivity index (χ0v) is 45.3. The Morgan fingerprint density at radius 3 is 0.846 bits per heavy atom. The van der Waals surface area contributed by atoms with Gasteiger partial charge in [-0.05, 0) is 52.6 Å². The Kier molecular flexibility index (Phi) is 43.1. The standard InChI is InChI=1S/C59H118N4O2/c1-7-11-15-19-23-25-27-29-31-33-35-37-39-41-45-49-53-60-55(5)62-57(64)59(51-47-43-21-17-13-9-3,52-48-44-22-18-14-10-4)63(58(62)65)56(6)61-54-50-46-42-40-38-36-34-32-30-28-26-24-20-16-12-8-2/h55-56,60-61H,7-54H2,1-6H3. The Labute approximate surface area is 408 Å². The van der Waals surface area contributed by atoms with E-state index in [2.05, 4.69) is 52.2 Å². The number of nitrogens with one attached hydrogen (secondary N) is 2. The summed E-state index contributed by atoms with van der Waals surface area (Å²) in [5.74, 6) is 0.0626. The number of carbonyl (C=O) groups is 2. The van der Waals surface area contributed by atoms with Crippen LogP contribution in [0.15, 0.2) is 0 Å². The van der Waals surface area contributed by atoms with Crippen LogP contribution in [0.5, 0.6) is 0 Å². The van der Waals surface area contributed by atoms with Crippen molar-refractivity contribution >= 4 is 11.9 Å². The number of imide groups is 1. The number of unbranched alkanes of at least 4 members (excludes halogenated alkanes) is 40. The molecule has 0 radical (unpaired) electrons. The molecule has 0 bridgehead atoms. The normalized spacial score (nSPS) is 14.9. The molecule has 0 aromatic carbocycles. The summed E-state index contributed by atoms with van der Waals surface area (Å²) in [6.45, 7) is 15.1. The van der Waals surface area contributed by atoms with Crippen LogP contribution in [-0.4, -0.2) is 52.7 Å². The lowest BCUT2D eigenvalue weighted by Gasteiger charge is -2.39. The van der Waals surface area contributed by atoms with Crippen LogP contribution in [0, 0.1) is 0 Å². The minimum Gasteiger partial charge on any atom is -0.297 e. The van der Waals surface area contributed by atoms with E-state index in [1.165, 1.54) is 244 Å². The van der Waals surface area contributed by atoms with Crippen molar-refractivity contribution in [1.82, 2.24) is 20.4 Å². The summed E-state index contributed by atoms with van der Waals surface area (Å²) in [5.41, 5.74) is -0.752. The molecule has 3 amide bonds. The molecule has 0 aromatic rings. The van der Waals surface area contributed by atoms with E-state index in [1.54, 1.807) is 4.90 Å². The van der Waals surface area contributed by atoms with Crippen molar-refractivity contribution in [2.45, 2.75) is 355 Å². The largest absolute Gasteiger partial charge is 0.330 e. The van der Waals surface area contributed by atoms with E-state index >= 15 is 0 Å². The summed E-state index contributed by atoms with van der Waals surface area (Å²) in [4.78, 5) is 33.3. The number of amides is 3. The number of hydrogen-bond acceptors (Lipinski definition) is 4. The molecule has 386 valence electrons. The van der Waals surface area contributed by atoms with Crippen LogP contribution in [0.4, 0.5) is 4.79 Å². The fraction of sp³-hybridized carbons (Fsp3) is 0.966. The lowest BCUT2D eigenvalue weighted by molar-refractivity contribution is -0.136. The second-order valence-electron chi connectivity index (χ2n) is 21.3. The molecule has 0 aliphatic carbocycles. The predicted molar refractivity (Wildman–Crippen MR) is 287 cm³/mol. The van der Waals surface area contributed by atoms with Gasteiger partial charge in [0.1, 0.15) is 5.54 Å². The Hall–Kier alpha value is -1.14. The van der Waals surface area contributed by atoms with Crippen molar-refractivity contribution in [2.75, 3.05) is 13.1 Å². The molecule has 0 aromatic heterocycles. The van der Waals surface area contributed by atoms with Crippen LogP contribution < -0.4 is 10.6 Å². The molecule has 1 rings (SSSR count). The summed E-state index contributed by atoms with van der Waals surface area (Å²) in [6, 6.07) is -0.0779. The fourth-order valence-electron chi connectivity index (χ4n) is 10.7. The quantitative estimate of drug-likeness (QED) is 0.0471. The van der Waals surface area contributed by atoms with E-state index in [-0.39, 0.29) is 24.3 Å². The van der Waals surface area contributed by atoms with E-state index in [4.69, 9.17) is 0 Å². The van der Waals surface area contributed by atoms with Gasteiger partial charge in [0, 0.05) is 0 Å². The Morgan fingerprint density at radius 2 is 0.569 bits per heavy atom. The molecule has 1 aliphatic rings. The summed E-state index contributed by atoms with van der Waals surface area (Å²) >= 11 is 0. The van der Waals surface area contributed by atoms with Gasteiger partial charge in [-0.15, -0.1) is 0 Å². The molecule has 1 saturated heterocycles. The van der Waals surface area contributed by atoms with Crippen molar-refractivity contribution in [1.29, 1.82) is 0 Å². The van der Waals surface area contributed by atoms with E-state index in [0.717, 1.165) is 64.5 Å². The predicted octanol–water partition coefficient (Wildman–Crippen LogP) is 18.9. The first kappa shape index (κ1) is 61.9. The summed E-state index contributed by atoms with van der Waals surface area (Å²) < 4.78 is 0. The van der Waals surface area contributed by atoms with Crippen molar-refractivity contribution in [2.24, 2.45) is 0 Å². The number of carbonyl (C=O) groups excluding carboxylic acids is 2. The van der Waals surface area contributed by atoms with Crippen molar-refractivity contribution in [3.05, 3.63) is 0 Å². The van der Waals surface area contributed by atoms with E-state index < -0.39 is 5.54 Å². The van der Waals surface area contributed by atoms with Crippen LogP contribution in [0.3, 0.4) is 0 Å². The van der Waals surface area contributed by atoms with Gasteiger partial charge < -0.3 is 0 Å². The van der Waals surface area contributed by atoms with Crippen LogP contribution in [0.2, 0.25) is 0 Å². The maximum Gasteiger partial charge on any atom is 0.330 e. The first-order valence-corrected chi connectivity index (χ1v) is 30.0. The fourth-order valence-corrected chi connectivity index (χ4v) is 10.7. The molecular weight excluding hydrogens is 797 g/mol. The number of nitrogens with zero attached hydrogens (tertiary/aromatic N) is 2. The van der Waals surface area contributed by atoms with Crippen LogP contribution in [-0.2, 0) is 4.79 Å². The highest BCUT2D eigenvalue weighted by molar-refractivity contribution is 6.07. The molecule has 6 heteroatoms. The molecule has 1 aliphatic heterocycles. The zero-order chi connectivity index (χ0) is 47.3. The van der Waals surface area contributed by atoms with Crippen LogP contribution >= 0.6 is 0 Å². The average molecular weight is 916 g/mol. The van der Waals surface area contributed by atoms with Gasteiger partial charge in [0.25, 0.3) is 5.91 Å². The van der Waals surface area contributed by atoms with Gasteiger partial charge >= 0.3 is 6.03 Å². The molecular formula is C59H118N4O2. The molecule has 1 heterocycles. The van der Waals surface area contributed by atoms with Gasteiger partial charge in [-0.2, -0.15) is 0 Å². The van der Waals surface area contributed by atoms with Gasteiger partial charge in [0.15, 0.2) is 0 Å². The van der Waals surface area contributed by atoms with Crippen molar-refractivity contribution in [3.8, 4) is 0 Å². The molecule has 1 fully saturated rings. The Balaban J connectivity index is 2.66. The highest BCUT2D eigenvalue weighted by Gasteiger charge is 2.58. The molecule has 65 heavy (non-hydrogen) atoms. The molecule has 2 atom stereocenters. The lowest BCUT2D eigenvalue weighted by atomic mass is 9.84. The Bertz CT molecular complexity index is 1020. The van der Waals surface area contributed by atoms with Gasteiger partial charge in [0.2, 0.25) is 0 Å². The first-order chi connectivity index (χ1) is 31.9. The number of hydrogen-bond donors (Lipinski definition) is 2. The van der Waals surface area contributed by atoms with Crippen LogP contribution in [0.25, 0.3) is 0 Å². The first-order valence-electron chi connectivity index (χ1n) is 30.0. The number of rotatable bonds is 52. The Morgan fingerprint density at radius 1 is 0.338 bits per heavy atom. The summed E-state index contributed by atoms with van der Waals surface area (Å²) in [5, 5.41) is 7.44. The van der Waals surface area contributed by atoms with Crippen molar-refractivity contribution in [3.63, 3.8) is 0 Å². The molecule has 2 N–H and O–H groups in total. The maximum atomic E-state index is 14.9. The summed E-state index contributed by atoms with van der Waals surface area (Å²) in [7, 11) is 0. The maximum absolute atomic E-state index is 14.9. The third-order valence-corrected chi connectivity index (χ3v) is 15.1. The zero-order valence-electron chi connectivity index (χ0n) is 45.3. The van der Waals surface area contributed by atoms with Gasteiger partial charge in [-0.25, -0.2) is 9.69 Å². The third kappa shape index (κ3) is 30.9. The minimum atomic E-state index is -0.752. The second-order valence-corrected chi connectivity index (χ2v) is 21.3. The van der Waals surface area contributed by atoms with E-state index in [9.17, 15) is 9.59 Å². The molecule has 0 spiro atoms. The minimum absolute atomic E-state index is 0.0626. The van der Waals surface area contributed by atoms with Gasteiger partial charge in [0.05, 0.1) is 12.3 Å². The highest BCUT2D eigenvalue weighted by Crippen LogP contribution is 2.40. The summed E-state index contributed by atoms with van der Waals surface area (Å²) in [6.07, 6.45) is 59.2. The average Bonchev–Trinajstić information content (AvgIpc) is 3.52. The number of urea groups is 1. The van der Waals surface area contributed by atoms with Gasteiger partial charge in [-0.1, -0.05) is 297 Å². The monoisotopic (exact) mass is 915 g/mol. The van der Waals surface area contributed by atoms with Crippen molar-refractivity contribution < 1.29 is 9.59 Å².